The molecule has 2 aliphatic rings. The van der Waals surface area contributed by atoms with Gasteiger partial charge in [0.2, 0.25) is 0 Å². The zero-order valence-corrected chi connectivity index (χ0v) is 17.7. The molecule has 1 saturated heterocycles. The van der Waals surface area contributed by atoms with Crippen molar-refractivity contribution in [1.82, 2.24) is 15.0 Å². The van der Waals surface area contributed by atoms with Gasteiger partial charge in [0.15, 0.2) is 5.41 Å². The summed E-state index contributed by atoms with van der Waals surface area (Å²) in [5.41, 5.74) is 0.420. The summed E-state index contributed by atoms with van der Waals surface area (Å²) in [7, 11) is 0. The van der Waals surface area contributed by atoms with Crippen molar-refractivity contribution >= 4 is 28.8 Å². The van der Waals surface area contributed by atoms with Gasteiger partial charge in [-0.3, -0.25) is 9.59 Å². The molecule has 0 radical (unpaired) electrons. The third kappa shape index (κ3) is 4.21. The van der Waals surface area contributed by atoms with E-state index < -0.39 is 17.4 Å². The average molecular weight is 471 g/mol. The monoisotopic (exact) mass is 470 g/mol. The summed E-state index contributed by atoms with van der Waals surface area (Å²) in [5, 5.41) is 18.4. The molecule has 1 saturated carbocycles. The van der Waals surface area contributed by atoms with Gasteiger partial charge in [0, 0.05) is 37.7 Å². The Bertz CT molecular complexity index is 1180. The molecule has 0 amide bonds. The lowest BCUT2D eigenvalue weighted by molar-refractivity contribution is -0.189. The van der Waals surface area contributed by atoms with Crippen molar-refractivity contribution < 1.29 is 28.9 Å². The summed E-state index contributed by atoms with van der Waals surface area (Å²) in [5.74, 6) is -1.46. The number of nitrogens with zero attached hydrogens (tertiary/aromatic N) is 3. The van der Waals surface area contributed by atoms with Gasteiger partial charge in [-0.2, -0.15) is 0 Å². The number of hydrogen-bond donors (Lipinski definition) is 3. The summed E-state index contributed by atoms with van der Waals surface area (Å²) < 4.78 is 19.4. The fraction of sp³-hybridized carbons (Fsp3) is 0.417. The number of halogens is 1. The van der Waals surface area contributed by atoms with Crippen LogP contribution in [0.25, 0.3) is 22.4 Å². The first-order chi connectivity index (χ1) is 15.8. The number of anilines is 1. The minimum atomic E-state index is -1.70. The molecule has 1 aromatic carbocycles. The first-order valence-electron chi connectivity index (χ1n) is 10.8. The van der Waals surface area contributed by atoms with E-state index in [0.29, 0.717) is 16.9 Å². The molecule has 3 aromatic rings. The van der Waals surface area contributed by atoms with Crippen LogP contribution in [0.3, 0.4) is 0 Å². The summed E-state index contributed by atoms with van der Waals surface area (Å²) in [4.78, 5) is 36.9. The molecule has 1 aliphatic carbocycles. The molecule has 1 aliphatic heterocycles. The molecule has 5 rings (SSSR count). The van der Waals surface area contributed by atoms with Crippen LogP contribution in [0.2, 0.25) is 0 Å². The van der Waals surface area contributed by atoms with Crippen molar-refractivity contribution in [2.45, 2.75) is 45.3 Å². The number of carbonyl (C=O) groups is 2. The minimum absolute atomic E-state index is 0. The number of imidazole rings is 1. The van der Waals surface area contributed by atoms with Crippen molar-refractivity contribution in [3.05, 3.63) is 42.3 Å². The number of piperidine rings is 1. The topological polar surface area (TPSA) is 129 Å². The molecular weight excluding hydrogens is 443 g/mol. The number of fused-ring (bicyclic) bond motifs is 1. The Morgan fingerprint density at radius 2 is 1.79 bits per heavy atom. The number of pyridine rings is 1. The van der Waals surface area contributed by atoms with Gasteiger partial charge in [-0.1, -0.05) is 7.43 Å². The average Bonchev–Trinajstić information content (AvgIpc) is 3.19. The second-order valence-corrected chi connectivity index (χ2v) is 8.70. The smallest absolute Gasteiger partial charge is 0.321 e. The maximum atomic E-state index is 13.4. The molecule has 3 N–H and O–H groups in total. The summed E-state index contributed by atoms with van der Waals surface area (Å²) in [6, 6.07) is 8.26. The number of ether oxygens (including phenoxy) is 1. The second kappa shape index (κ2) is 9.02. The van der Waals surface area contributed by atoms with E-state index in [4.69, 9.17) is 4.74 Å². The Morgan fingerprint density at radius 3 is 2.41 bits per heavy atom. The van der Waals surface area contributed by atoms with Crippen molar-refractivity contribution in [2.24, 2.45) is 5.41 Å². The lowest BCUT2D eigenvalue weighted by Gasteiger charge is -2.43. The predicted molar refractivity (Wildman–Crippen MR) is 123 cm³/mol. The van der Waals surface area contributed by atoms with Crippen molar-refractivity contribution in [3.8, 4) is 11.4 Å². The van der Waals surface area contributed by atoms with E-state index in [-0.39, 0.29) is 38.3 Å². The SMILES string of the molecule is C.O=C(O)C1(C(=O)O)CC(OC2CCN(c3ccc(-c4nc5ccc(F)cc5[nH]4)cn3)CC2)C1. The van der Waals surface area contributed by atoms with Crippen LogP contribution in [0.5, 0.6) is 0 Å². The summed E-state index contributed by atoms with van der Waals surface area (Å²) in [6.07, 6.45) is 2.90. The van der Waals surface area contributed by atoms with Gasteiger partial charge < -0.3 is 24.8 Å². The lowest BCUT2D eigenvalue weighted by Crippen LogP contribution is -2.54. The molecule has 180 valence electrons. The van der Waals surface area contributed by atoms with Gasteiger partial charge >= 0.3 is 11.9 Å². The third-order valence-electron chi connectivity index (χ3n) is 6.59. The minimum Gasteiger partial charge on any atom is -0.480 e. The van der Waals surface area contributed by atoms with Crippen LogP contribution in [-0.4, -0.2) is 62.4 Å². The maximum Gasteiger partial charge on any atom is 0.321 e. The number of aromatic nitrogens is 3. The van der Waals surface area contributed by atoms with Crippen LogP contribution in [0.4, 0.5) is 10.2 Å². The molecule has 0 spiro atoms. The summed E-state index contributed by atoms with van der Waals surface area (Å²) in [6.45, 7) is 1.47. The fourth-order valence-electron chi connectivity index (χ4n) is 4.58. The van der Waals surface area contributed by atoms with E-state index in [2.05, 4.69) is 19.9 Å². The normalized spacial score (nSPS) is 18.3. The van der Waals surface area contributed by atoms with E-state index in [1.807, 2.05) is 12.1 Å². The lowest BCUT2D eigenvalue weighted by atomic mass is 9.66. The molecule has 0 unspecified atom stereocenters. The zero-order chi connectivity index (χ0) is 23.2. The van der Waals surface area contributed by atoms with Gasteiger partial charge in [0.05, 0.1) is 23.2 Å². The van der Waals surface area contributed by atoms with Crippen LogP contribution in [-0.2, 0) is 14.3 Å². The standard InChI is InChI=1S/C23H23FN4O5.CH4/c24-14-2-3-17-18(9-14)27-20(26-17)13-1-4-19(25-12-13)28-7-5-15(6-8-28)33-16-10-23(11-16,21(29)30)22(31)32;/h1-4,9,12,15-16H,5-8,10-11H2,(H,26,27)(H,29,30)(H,31,32);1H4. The van der Waals surface area contributed by atoms with Gasteiger partial charge in [0.25, 0.3) is 0 Å². The van der Waals surface area contributed by atoms with Crippen LogP contribution < -0.4 is 4.90 Å². The highest BCUT2D eigenvalue weighted by atomic mass is 19.1. The fourth-order valence-corrected chi connectivity index (χ4v) is 4.58. The van der Waals surface area contributed by atoms with Gasteiger partial charge in [-0.15, -0.1) is 0 Å². The first-order valence-corrected chi connectivity index (χ1v) is 10.8. The molecule has 2 aromatic heterocycles. The van der Waals surface area contributed by atoms with Crippen LogP contribution in [0.1, 0.15) is 33.1 Å². The molecule has 0 atom stereocenters. The molecule has 34 heavy (non-hydrogen) atoms. The molecule has 3 heterocycles. The van der Waals surface area contributed by atoms with E-state index >= 15 is 0 Å². The number of aromatic amines is 1. The van der Waals surface area contributed by atoms with Crippen molar-refractivity contribution in [3.63, 3.8) is 0 Å². The number of H-pyrrole nitrogens is 1. The highest BCUT2D eigenvalue weighted by Crippen LogP contribution is 2.44. The number of benzene rings is 1. The number of aliphatic carboxylic acids is 2. The van der Waals surface area contributed by atoms with Gasteiger partial charge in [-0.25, -0.2) is 14.4 Å². The molecule has 0 bridgehead atoms. The van der Waals surface area contributed by atoms with E-state index in [1.54, 1.807) is 12.3 Å². The van der Waals surface area contributed by atoms with Crippen molar-refractivity contribution in [2.75, 3.05) is 18.0 Å². The Balaban J connectivity index is 0.00000274. The summed E-state index contributed by atoms with van der Waals surface area (Å²) >= 11 is 0. The highest BCUT2D eigenvalue weighted by Gasteiger charge is 2.57. The van der Waals surface area contributed by atoms with Crippen LogP contribution >= 0.6 is 0 Å². The Morgan fingerprint density at radius 1 is 1.09 bits per heavy atom. The Kier molecular flexibility index (Phi) is 6.26. The highest BCUT2D eigenvalue weighted by molar-refractivity contribution is 5.99. The van der Waals surface area contributed by atoms with E-state index in [1.165, 1.54) is 12.1 Å². The molecule has 9 nitrogen and oxygen atoms in total. The number of hydrogen-bond acceptors (Lipinski definition) is 6. The Labute approximate surface area is 195 Å². The van der Waals surface area contributed by atoms with Crippen molar-refractivity contribution in [1.29, 1.82) is 0 Å². The van der Waals surface area contributed by atoms with E-state index in [0.717, 1.165) is 37.3 Å². The molecular formula is C24H27FN4O5. The number of carboxylic acids is 2. The van der Waals surface area contributed by atoms with Crippen LogP contribution in [0, 0.1) is 11.2 Å². The van der Waals surface area contributed by atoms with Gasteiger partial charge in [0.1, 0.15) is 17.5 Å². The van der Waals surface area contributed by atoms with E-state index in [9.17, 15) is 24.2 Å². The third-order valence-corrected chi connectivity index (χ3v) is 6.59. The largest absolute Gasteiger partial charge is 0.480 e. The quantitative estimate of drug-likeness (QED) is 0.465. The van der Waals surface area contributed by atoms with Crippen LogP contribution in [0.15, 0.2) is 36.5 Å². The number of nitrogens with one attached hydrogen (secondary N) is 1. The Hall–Kier alpha value is -3.53. The molecule has 10 heteroatoms. The number of rotatable bonds is 6. The second-order valence-electron chi connectivity index (χ2n) is 8.70. The van der Waals surface area contributed by atoms with Gasteiger partial charge in [-0.05, 0) is 43.2 Å². The molecule has 2 fully saturated rings. The first kappa shape index (κ1) is 23.6. The number of carboxylic acid groups (broad SMARTS) is 2. The maximum absolute atomic E-state index is 13.4. The zero-order valence-electron chi connectivity index (χ0n) is 17.7. The predicted octanol–water partition coefficient (Wildman–Crippen LogP) is 3.70.